The van der Waals surface area contributed by atoms with E-state index in [9.17, 15) is 4.79 Å². The Hall–Kier alpha value is -2.95. The number of carbonyl (C=O) groups is 1. The van der Waals surface area contributed by atoms with Gasteiger partial charge < -0.3 is 18.9 Å². The molecule has 0 radical (unpaired) electrons. The third-order valence-corrected chi connectivity index (χ3v) is 4.97. The fourth-order valence-corrected chi connectivity index (χ4v) is 3.71. The summed E-state index contributed by atoms with van der Waals surface area (Å²) in [6.45, 7) is 6.15. The second-order valence-electron chi connectivity index (χ2n) is 7.79. The summed E-state index contributed by atoms with van der Waals surface area (Å²) in [5.41, 5.74) is 1.83. The molecule has 3 aromatic rings. The molecule has 2 aromatic carbocycles. The van der Waals surface area contributed by atoms with Crippen molar-refractivity contribution in [2.24, 2.45) is 5.92 Å². The first kappa shape index (κ1) is 18.4. The van der Waals surface area contributed by atoms with E-state index in [4.69, 9.17) is 9.47 Å². The predicted molar refractivity (Wildman–Crippen MR) is 110 cm³/mol. The van der Waals surface area contributed by atoms with E-state index in [1.807, 2.05) is 55.7 Å². The van der Waals surface area contributed by atoms with Crippen molar-refractivity contribution in [1.29, 1.82) is 0 Å². The molecule has 1 aliphatic heterocycles. The summed E-state index contributed by atoms with van der Waals surface area (Å²) in [6.07, 6.45) is 1.80. The van der Waals surface area contributed by atoms with Crippen LogP contribution in [0.2, 0.25) is 0 Å². The van der Waals surface area contributed by atoms with E-state index in [1.165, 1.54) is 0 Å². The van der Waals surface area contributed by atoms with Crippen molar-refractivity contribution in [3.63, 3.8) is 0 Å². The zero-order valence-electron chi connectivity index (χ0n) is 16.6. The van der Waals surface area contributed by atoms with E-state index in [-0.39, 0.29) is 12.0 Å². The Balaban J connectivity index is 1.53. The van der Waals surface area contributed by atoms with Crippen LogP contribution in [0, 0.1) is 5.92 Å². The molecular formula is C23H26N2O3. The molecule has 1 aromatic heterocycles. The summed E-state index contributed by atoms with van der Waals surface area (Å²) in [4.78, 5) is 14.9. The Morgan fingerprint density at radius 3 is 2.64 bits per heavy atom. The number of ether oxygens (including phenoxy) is 2. The van der Waals surface area contributed by atoms with Gasteiger partial charge >= 0.3 is 0 Å². The Morgan fingerprint density at radius 2 is 1.86 bits per heavy atom. The third kappa shape index (κ3) is 3.57. The van der Waals surface area contributed by atoms with Gasteiger partial charge in [0.1, 0.15) is 6.61 Å². The van der Waals surface area contributed by atoms with Gasteiger partial charge in [-0.3, -0.25) is 4.79 Å². The van der Waals surface area contributed by atoms with Crippen LogP contribution in [-0.2, 0) is 6.54 Å². The van der Waals surface area contributed by atoms with Crippen LogP contribution in [0.4, 0.5) is 0 Å². The quantitative estimate of drug-likeness (QED) is 0.668. The monoisotopic (exact) mass is 378 g/mol. The molecule has 0 fully saturated rings. The summed E-state index contributed by atoms with van der Waals surface area (Å²) in [7, 11) is 1.82. The van der Waals surface area contributed by atoms with E-state index in [0.717, 1.165) is 34.5 Å². The lowest BCUT2D eigenvalue weighted by Gasteiger charge is -2.29. The number of fused-ring (bicyclic) bond motifs is 2. The zero-order chi connectivity index (χ0) is 19.7. The average Bonchev–Trinajstić information content (AvgIpc) is 3.05. The maximum atomic E-state index is 13.2. The molecule has 0 saturated carbocycles. The molecule has 1 amide bonds. The number of likely N-dealkylation sites (N-methyl/N-ethyl adjacent to an activating group) is 1. The summed E-state index contributed by atoms with van der Waals surface area (Å²) in [5.74, 6) is 1.99. The van der Waals surface area contributed by atoms with Crippen LogP contribution in [-0.4, -0.2) is 41.7 Å². The van der Waals surface area contributed by atoms with Crippen molar-refractivity contribution in [3.05, 3.63) is 60.3 Å². The molecule has 1 aliphatic rings. The highest BCUT2D eigenvalue weighted by atomic mass is 16.6. The SMILES string of the molecule is CC(C)Cn1cc(C(=O)N(C)CC2COc3ccccc3O2)c2ccccc21. The average molecular weight is 378 g/mol. The number of amides is 1. The highest BCUT2D eigenvalue weighted by Gasteiger charge is 2.25. The molecular weight excluding hydrogens is 352 g/mol. The Morgan fingerprint density at radius 1 is 1.14 bits per heavy atom. The van der Waals surface area contributed by atoms with Crippen molar-refractivity contribution in [1.82, 2.24) is 9.47 Å². The second-order valence-corrected chi connectivity index (χ2v) is 7.79. The normalized spacial score (nSPS) is 15.8. The van der Waals surface area contributed by atoms with E-state index >= 15 is 0 Å². The van der Waals surface area contributed by atoms with Gasteiger partial charge in [0.25, 0.3) is 5.91 Å². The molecule has 5 heteroatoms. The number of para-hydroxylation sites is 3. The lowest BCUT2D eigenvalue weighted by molar-refractivity contribution is 0.0522. The first-order valence-corrected chi connectivity index (χ1v) is 9.74. The lowest BCUT2D eigenvalue weighted by Crippen LogP contribution is -2.41. The largest absolute Gasteiger partial charge is 0.486 e. The summed E-state index contributed by atoms with van der Waals surface area (Å²) in [6, 6.07) is 15.7. The van der Waals surface area contributed by atoms with Gasteiger partial charge in [0.2, 0.25) is 0 Å². The van der Waals surface area contributed by atoms with Crippen molar-refractivity contribution >= 4 is 16.8 Å². The number of hydrogen-bond acceptors (Lipinski definition) is 3. The molecule has 28 heavy (non-hydrogen) atoms. The summed E-state index contributed by atoms with van der Waals surface area (Å²) in [5, 5.41) is 0.992. The standard InChI is InChI=1S/C23H26N2O3/c1-16(2)12-25-14-19(18-8-4-5-9-20(18)25)23(26)24(3)13-17-15-27-21-10-6-7-11-22(21)28-17/h4-11,14,16-17H,12-13,15H2,1-3H3. The predicted octanol–water partition coefficient (Wildman–Crippen LogP) is 4.21. The first-order chi connectivity index (χ1) is 13.5. The van der Waals surface area contributed by atoms with Gasteiger partial charge in [-0.2, -0.15) is 0 Å². The molecule has 1 atom stereocenters. The Bertz CT molecular complexity index is 992. The Labute approximate surface area is 165 Å². The first-order valence-electron chi connectivity index (χ1n) is 9.74. The van der Waals surface area contributed by atoms with Gasteiger partial charge in [0, 0.05) is 30.7 Å². The minimum Gasteiger partial charge on any atom is -0.486 e. The highest BCUT2D eigenvalue weighted by molar-refractivity contribution is 6.06. The molecule has 4 rings (SSSR count). The highest BCUT2D eigenvalue weighted by Crippen LogP contribution is 2.31. The molecule has 0 N–H and O–H groups in total. The number of aromatic nitrogens is 1. The van der Waals surface area contributed by atoms with Crippen molar-refractivity contribution in [2.75, 3.05) is 20.2 Å². The van der Waals surface area contributed by atoms with Gasteiger partial charge in [-0.05, 0) is 24.1 Å². The van der Waals surface area contributed by atoms with Crippen LogP contribution in [0.5, 0.6) is 11.5 Å². The molecule has 0 spiro atoms. The fraction of sp³-hybridized carbons (Fsp3) is 0.348. The maximum absolute atomic E-state index is 13.2. The topological polar surface area (TPSA) is 43.7 Å². The molecule has 0 saturated heterocycles. The number of carbonyl (C=O) groups excluding carboxylic acids is 1. The molecule has 1 unspecified atom stereocenters. The summed E-state index contributed by atoms with van der Waals surface area (Å²) >= 11 is 0. The van der Waals surface area contributed by atoms with Crippen LogP contribution < -0.4 is 9.47 Å². The minimum absolute atomic E-state index is 0.00108. The van der Waals surface area contributed by atoms with E-state index in [0.29, 0.717) is 19.1 Å². The van der Waals surface area contributed by atoms with Crippen molar-refractivity contribution in [3.8, 4) is 11.5 Å². The number of nitrogens with zero attached hydrogens (tertiary/aromatic N) is 2. The van der Waals surface area contributed by atoms with Crippen LogP contribution in [0.25, 0.3) is 10.9 Å². The van der Waals surface area contributed by atoms with Gasteiger partial charge in [-0.25, -0.2) is 0 Å². The number of hydrogen-bond donors (Lipinski definition) is 0. The van der Waals surface area contributed by atoms with Crippen molar-refractivity contribution < 1.29 is 14.3 Å². The van der Waals surface area contributed by atoms with E-state index in [2.05, 4.69) is 24.5 Å². The molecule has 2 heterocycles. The Kier molecular flexibility index (Phi) is 4.99. The van der Waals surface area contributed by atoms with Crippen LogP contribution >= 0.6 is 0 Å². The molecule has 146 valence electrons. The lowest BCUT2D eigenvalue weighted by atomic mass is 10.1. The third-order valence-electron chi connectivity index (χ3n) is 4.97. The molecule has 5 nitrogen and oxygen atoms in total. The minimum atomic E-state index is -0.187. The van der Waals surface area contributed by atoms with Crippen LogP contribution in [0.15, 0.2) is 54.7 Å². The molecule has 0 bridgehead atoms. The fourth-order valence-electron chi connectivity index (χ4n) is 3.71. The smallest absolute Gasteiger partial charge is 0.255 e. The van der Waals surface area contributed by atoms with Gasteiger partial charge in [-0.1, -0.05) is 44.2 Å². The van der Waals surface area contributed by atoms with Crippen molar-refractivity contribution in [2.45, 2.75) is 26.5 Å². The van der Waals surface area contributed by atoms with Crippen LogP contribution in [0.1, 0.15) is 24.2 Å². The number of rotatable bonds is 5. The summed E-state index contributed by atoms with van der Waals surface area (Å²) < 4.78 is 14.0. The van der Waals surface area contributed by atoms with Gasteiger partial charge in [0.05, 0.1) is 12.1 Å². The molecule has 0 aliphatic carbocycles. The van der Waals surface area contributed by atoms with E-state index < -0.39 is 0 Å². The van der Waals surface area contributed by atoms with E-state index in [1.54, 1.807) is 4.90 Å². The second kappa shape index (κ2) is 7.58. The van der Waals surface area contributed by atoms with Gasteiger partial charge in [0.15, 0.2) is 17.6 Å². The van der Waals surface area contributed by atoms with Crippen LogP contribution in [0.3, 0.4) is 0 Å². The maximum Gasteiger partial charge on any atom is 0.255 e. The zero-order valence-corrected chi connectivity index (χ0v) is 16.6. The van der Waals surface area contributed by atoms with Gasteiger partial charge in [-0.15, -0.1) is 0 Å². The number of benzene rings is 2.